The number of hydrogen-bond acceptors (Lipinski definition) is 5. The molecule has 1 aromatic carbocycles. The van der Waals surface area contributed by atoms with Crippen LogP contribution in [0.1, 0.15) is 16.1 Å². The number of amides is 2. The molecule has 21 heavy (non-hydrogen) atoms. The van der Waals surface area contributed by atoms with E-state index in [4.69, 9.17) is 4.74 Å². The smallest absolute Gasteiger partial charge is 0.414 e. The molecule has 1 aromatic heterocycles. The first-order chi connectivity index (χ1) is 10.2. The molecule has 3 rings (SSSR count). The molecule has 2 heterocycles. The minimum absolute atomic E-state index is 0.191. The largest absolute Gasteiger partial charge is 0.447 e. The maximum atomic E-state index is 11.8. The van der Waals surface area contributed by atoms with Crippen LogP contribution in [0.4, 0.5) is 10.5 Å². The molecule has 7 heteroatoms. The minimum atomic E-state index is -0.320. The summed E-state index contributed by atoms with van der Waals surface area (Å²) in [5.41, 5.74) is 3.80. The highest BCUT2D eigenvalue weighted by molar-refractivity contribution is 7.07. The van der Waals surface area contributed by atoms with Crippen LogP contribution in [0.15, 0.2) is 35.2 Å². The number of nitrogens with zero attached hydrogens (tertiary/aromatic N) is 2. The standard InChI is InChI=1S/C14H13N3O3S/c18-13(12-8-21-9-16-12)15-7-10-1-3-11(4-2-10)17-5-6-20-14(17)19/h1-4,8-9H,5-7H2,(H,15,18). The molecule has 1 aliphatic rings. The van der Waals surface area contributed by atoms with Crippen molar-refractivity contribution in [3.05, 3.63) is 46.4 Å². The van der Waals surface area contributed by atoms with Gasteiger partial charge in [-0.1, -0.05) is 12.1 Å². The molecule has 108 valence electrons. The molecular weight excluding hydrogens is 290 g/mol. The molecule has 0 saturated carbocycles. The highest BCUT2D eigenvalue weighted by Crippen LogP contribution is 2.19. The van der Waals surface area contributed by atoms with Crippen LogP contribution in [0.2, 0.25) is 0 Å². The zero-order valence-electron chi connectivity index (χ0n) is 11.1. The number of anilines is 1. The molecular formula is C14H13N3O3S. The topological polar surface area (TPSA) is 71.5 Å². The second-order valence-corrected chi connectivity index (χ2v) is 5.21. The molecule has 2 amide bonds. The molecule has 6 nitrogen and oxygen atoms in total. The van der Waals surface area contributed by atoms with Crippen molar-refractivity contribution in [3.63, 3.8) is 0 Å². The van der Waals surface area contributed by atoms with Crippen molar-refractivity contribution in [3.8, 4) is 0 Å². The number of thiazole rings is 1. The molecule has 0 bridgehead atoms. The van der Waals surface area contributed by atoms with Gasteiger partial charge in [-0.05, 0) is 17.7 Å². The van der Waals surface area contributed by atoms with Crippen molar-refractivity contribution in [2.45, 2.75) is 6.54 Å². The van der Waals surface area contributed by atoms with E-state index in [1.807, 2.05) is 24.3 Å². The van der Waals surface area contributed by atoms with Crippen molar-refractivity contribution >= 4 is 29.0 Å². The zero-order valence-corrected chi connectivity index (χ0v) is 11.9. The lowest BCUT2D eigenvalue weighted by Gasteiger charge is -2.13. The third-order valence-corrected chi connectivity index (χ3v) is 3.71. The third-order valence-electron chi connectivity index (χ3n) is 3.13. The second kappa shape index (κ2) is 5.92. The summed E-state index contributed by atoms with van der Waals surface area (Å²) >= 11 is 1.38. The average molecular weight is 303 g/mol. The van der Waals surface area contributed by atoms with Crippen LogP contribution in [0.3, 0.4) is 0 Å². The Hall–Kier alpha value is -2.41. The Morgan fingerprint density at radius 1 is 1.38 bits per heavy atom. The molecule has 0 aliphatic carbocycles. The van der Waals surface area contributed by atoms with Gasteiger partial charge in [0, 0.05) is 17.6 Å². The van der Waals surface area contributed by atoms with Crippen LogP contribution in [-0.4, -0.2) is 30.1 Å². The second-order valence-electron chi connectivity index (χ2n) is 4.49. The Bertz CT molecular complexity index is 640. The van der Waals surface area contributed by atoms with Crippen LogP contribution < -0.4 is 10.2 Å². The minimum Gasteiger partial charge on any atom is -0.447 e. The number of ether oxygens (including phenoxy) is 1. The van der Waals surface area contributed by atoms with Gasteiger partial charge in [-0.25, -0.2) is 9.78 Å². The van der Waals surface area contributed by atoms with Gasteiger partial charge in [0.1, 0.15) is 12.3 Å². The van der Waals surface area contributed by atoms with E-state index < -0.39 is 0 Å². The van der Waals surface area contributed by atoms with Gasteiger partial charge in [0.25, 0.3) is 5.91 Å². The van der Waals surface area contributed by atoms with Crippen molar-refractivity contribution in [1.29, 1.82) is 0 Å². The number of hydrogen-bond donors (Lipinski definition) is 1. The van der Waals surface area contributed by atoms with Gasteiger partial charge in [-0.2, -0.15) is 0 Å². The summed E-state index contributed by atoms with van der Waals surface area (Å²) in [6, 6.07) is 7.44. The number of carbonyl (C=O) groups excluding carboxylic acids is 2. The predicted octanol–water partition coefficient (Wildman–Crippen LogP) is 2.03. The predicted molar refractivity (Wildman–Crippen MR) is 78.4 cm³/mol. The number of benzene rings is 1. The van der Waals surface area contributed by atoms with Crippen molar-refractivity contribution < 1.29 is 14.3 Å². The summed E-state index contributed by atoms with van der Waals surface area (Å²) in [6.07, 6.45) is -0.320. The maximum Gasteiger partial charge on any atom is 0.414 e. The lowest BCUT2D eigenvalue weighted by Crippen LogP contribution is -2.24. The Morgan fingerprint density at radius 2 is 2.19 bits per heavy atom. The molecule has 2 aromatic rings. The number of aromatic nitrogens is 1. The number of carbonyl (C=O) groups is 2. The first-order valence-corrected chi connectivity index (χ1v) is 7.38. The van der Waals surface area contributed by atoms with Gasteiger partial charge < -0.3 is 10.1 Å². The SMILES string of the molecule is O=C(NCc1ccc(N2CCOC2=O)cc1)c1cscn1. The first-order valence-electron chi connectivity index (χ1n) is 6.43. The molecule has 0 atom stereocenters. The van der Waals surface area contributed by atoms with Crippen LogP contribution >= 0.6 is 11.3 Å². The van der Waals surface area contributed by atoms with Gasteiger partial charge in [0.05, 0.1) is 12.1 Å². The number of cyclic esters (lactones) is 1. The fourth-order valence-electron chi connectivity index (χ4n) is 2.02. The van der Waals surface area contributed by atoms with E-state index in [1.165, 1.54) is 11.3 Å². The van der Waals surface area contributed by atoms with Gasteiger partial charge in [0.2, 0.25) is 0 Å². The zero-order chi connectivity index (χ0) is 14.7. The summed E-state index contributed by atoms with van der Waals surface area (Å²) in [4.78, 5) is 28.7. The van der Waals surface area contributed by atoms with E-state index in [1.54, 1.807) is 15.8 Å². The molecule has 0 unspecified atom stereocenters. The van der Waals surface area contributed by atoms with Crippen molar-refractivity contribution in [2.24, 2.45) is 0 Å². The van der Waals surface area contributed by atoms with E-state index in [-0.39, 0.29) is 12.0 Å². The molecule has 1 aliphatic heterocycles. The molecule has 1 fully saturated rings. The Kier molecular flexibility index (Phi) is 3.83. The maximum absolute atomic E-state index is 11.8. The average Bonchev–Trinajstić information content (AvgIpc) is 3.17. The lowest BCUT2D eigenvalue weighted by atomic mass is 10.2. The Labute approximate surface area is 125 Å². The summed E-state index contributed by atoms with van der Waals surface area (Å²) < 4.78 is 4.89. The van der Waals surface area contributed by atoms with Gasteiger partial charge >= 0.3 is 6.09 Å². The summed E-state index contributed by atoms with van der Waals surface area (Å²) in [5, 5.41) is 4.50. The van der Waals surface area contributed by atoms with Gasteiger partial charge in [-0.15, -0.1) is 11.3 Å². The van der Waals surface area contributed by atoms with E-state index in [0.717, 1.165) is 11.3 Å². The Balaban J connectivity index is 1.60. The normalized spacial score (nSPS) is 14.1. The van der Waals surface area contributed by atoms with Crippen LogP contribution in [0.25, 0.3) is 0 Å². The molecule has 1 N–H and O–H groups in total. The van der Waals surface area contributed by atoms with Crippen LogP contribution in [-0.2, 0) is 11.3 Å². The van der Waals surface area contributed by atoms with E-state index in [2.05, 4.69) is 10.3 Å². The fourth-order valence-corrected chi connectivity index (χ4v) is 2.55. The van der Waals surface area contributed by atoms with E-state index in [9.17, 15) is 9.59 Å². The van der Waals surface area contributed by atoms with Gasteiger partial charge in [0.15, 0.2) is 0 Å². The molecule has 0 spiro atoms. The number of nitrogens with one attached hydrogen (secondary N) is 1. The van der Waals surface area contributed by atoms with E-state index >= 15 is 0 Å². The van der Waals surface area contributed by atoms with E-state index in [0.29, 0.717) is 25.4 Å². The summed E-state index contributed by atoms with van der Waals surface area (Å²) in [7, 11) is 0. The van der Waals surface area contributed by atoms with Gasteiger partial charge in [-0.3, -0.25) is 9.69 Å². The number of rotatable bonds is 4. The van der Waals surface area contributed by atoms with Crippen LogP contribution in [0, 0.1) is 0 Å². The monoisotopic (exact) mass is 303 g/mol. The fraction of sp³-hybridized carbons (Fsp3) is 0.214. The molecule has 0 radical (unpaired) electrons. The third kappa shape index (κ3) is 3.03. The first kappa shape index (κ1) is 13.6. The quantitative estimate of drug-likeness (QED) is 0.938. The van der Waals surface area contributed by atoms with Crippen molar-refractivity contribution in [1.82, 2.24) is 10.3 Å². The summed E-state index contributed by atoms with van der Waals surface area (Å²) in [6.45, 7) is 1.41. The van der Waals surface area contributed by atoms with Crippen molar-refractivity contribution in [2.75, 3.05) is 18.1 Å². The van der Waals surface area contributed by atoms with Crippen LogP contribution in [0.5, 0.6) is 0 Å². The lowest BCUT2D eigenvalue weighted by molar-refractivity contribution is 0.0946. The highest BCUT2D eigenvalue weighted by Gasteiger charge is 2.23. The summed E-state index contributed by atoms with van der Waals surface area (Å²) in [5.74, 6) is -0.191. The highest BCUT2D eigenvalue weighted by atomic mass is 32.1. The molecule has 1 saturated heterocycles. The Morgan fingerprint density at radius 3 is 2.81 bits per heavy atom.